The van der Waals surface area contributed by atoms with Crippen LogP contribution in [0, 0.1) is 0 Å². The van der Waals surface area contributed by atoms with Crippen LogP contribution in [0.5, 0.6) is 11.5 Å². The zero-order chi connectivity index (χ0) is 23.6. The lowest BCUT2D eigenvalue weighted by Gasteiger charge is -2.65. The van der Waals surface area contributed by atoms with E-state index in [4.69, 9.17) is 18.9 Å². The van der Waals surface area contributed by atoms with Gasteiger partial charge >= 0.3 is 0 Å². The first-order valence-electron chi connectivity index (χ1n) is 12.7. The summed E-state index contributed by atoms with van der Waals surface area (Å²) in [4.78, 5) is 4.58. The highest BCUT2D eigenvalue weighted by molar-refractivity contribution is 5.63. The van der Waals surface area contributed by atoms with Crippen molar-refractivity contribution in [3.05, 3.63) is 23.3 Å². The van der Waals surface area contributed by atoms with Gasteiger partial charge < -0.3 is 34.1 Å². The molecule has 0 radical (unpaired) electrons. The first kappa shape index (κ1) is 20.7. The molecule has 5 aliphatic heterocycles. The average Bonchev–Trinajstić information content (AvgIpc) is 3.43. The van der Waals surface area contributed by atoms with E-state index in [1.54, 1.807) is 6.07 Å². The molecule has 7 aliphatic rings. The Morgan fingerprint density at radius 3 is 2.41 bits per heavy atom. The van der Waals surface area contributed by atoms with E-state index in [-0.39, 0.29) is 30.5 Å². The second-order valence-electron chi connectivity index (χ2n) is 12.8. The molecule has 34 heavy (non-hydrogen) atoms. The Hall–Kier alpha value is -1.42. The monoisotopic (exact) mass is 470 g/mol. The van der Waals surface area contributed by atoms with Crippen molar-refractivity contribution < 1.29 is 29.2 Å². The number of phenols is 1. The number of ether oxygens (including phenoxy) is 4. The van der Waals surface area contributed by atoms with Gasteiger partial charge in [-0.15, -0.1) is 0 Å². The second-order valence-corrected chi connectivity index (χ2v) is 12.8. The summed E-state index contributed by atoms with van der Waals surface area (Å²) in [6, 6.07) is 3.76. The van der Waals surface area contributed by atoms with E-state index in [0.717, 1.165) is 24.9 Å². The molecule has 184 valence electrons. The van der Waals surface area contributed by atoms with Crippen LogP contribution in [0.25, 0.3) is 0 Å². The zero-order valence-electron chi connectivity index (χ0n) is 20.5. The summed E-state index contributed by atoms with van der Waals surface area (Å²) >= 11 is 0. The zero-order valence-corrected chi connectivity index (χ0v) is 20.5. The Labute approximate surface area is 199 Å². The fourth-order valence-corrected chi connectivity index (χ4v) is 9.02. The van der Waals surface area contributed by atoms with Gasteiger partial charge in [-0.3, -0.25) is 0 Å². The summed E-state index contributed by atoms with van der Waals surface area (Å²) in [6.07, 6.45) is 1.45. The Bertz CT molecular complexity index is 1140. The van der Waals surface area contributed by atoms with E-state index >= 15 is 0 Å². The number of hydrogen-bond donors (Lipinski definition) is 2. The minimum atomic E-state index is -0.960. The van der Waals surface area contributed by atoms with E-state index in [1.807, 2.05) is 6.07 Å². The van der Waals surface area contributed by atoms with E-state index < -0.39 is 33.9 Å². The number of benzene rings is 1. The second kappa shape index (κ2) is 5.61. The first-order chi connectivity index (χ1) is 16.0. The molecular formula is C26H34N2O6. The fourth-order valence-electron chi connectivity index (χ4n) is 9.02. The maximum atomic E-state index is 12.6. The van der Waals surface area contributed by atoms with Gasteiger partial charge in [-0.2, -0.15) is 0 Å². The van der Waals surface area contributed by atoms with Gasteiger partial charge in [0.15, 0.2) is 11.5 Å². The number of fused-ring (bicyclic) bond motifs is 2. The number of phenolic OH excluding ortho intramolecular Hbond substituents is 1. The quantitative estimate of drug-likeness (QED) is 0.595. The molecule has 2 bridgehead atoms. The third-order valence-corrected chi connectivity index (χ3v) is 10.4. The van der Waals surface area contributed by atoms with Gasteiger partial charge in [-0.05, 0) is 78.6 Å². The van der Waals surface area contributed by atoms with Crippen molar-refractivity contribution in [1.82, 2.24) is 9.80 Å². The van der Waals surface area contributed by atoms with Crippen molar-refractivity contribution >= 4 is 0 Å². The standard InChI is InChI=1S/C26H34N2O6/c1-22(2)19-28-20(23(3,4)32-19)34-25(21(28)33-22)8-9-26(30)15-12-13-6-7-14(29)17-16(13)24(26,18(25)31-17)10-11-27(15)5/h6-7,15,18-21,29-30H,8-12H2,1-5H3/t15-,18-,19+,20+,21+,24+,25+,26-/m1/s1. The predicted octanol–water partition coefficient (Wildman–Crippen LogP) is 1.84. The highest BCUT2D eigenvalue weighted by atomic mass is 16.7. The van der Waals surface area contributed by atoms with E-state index in [9.17, 15) is 10.2 Å². The lowest BCUT2D eigenvalue weighted by atomic mass is 9.46. The van der Waals surface area contributed by atoms with Crippen molar-refractivity contribution in [1.29, 1.82) is 0 Å². The van der Waals surface area contributed by atoms with Crippen LogP contribution in [0.2, 0.25) is 0 Å². The summed E-state index contributed by atoms with van der Waals surface area (Å²) in [7, 11) is 2.12. The maximum Gasteiger partial charge on any atom is 0.165 e. The maximum absolute atomic E-state index is 12.6. The van der Waals surface area contributed by atoms with Crippen molar-refractivity contribution in [2.45, 2.75) is 112 Å². The van der Waals surface area contributed by atoms with E-state index in [1.165, 1.54) is 5.56 Å². The van der Waals surface area contributed by atoms with Crippen LogP contribution in [-0.4, -0.2) is 86.8 Å². The van der Waals surface area contributed by atoms with Gasteiger partial charge in [0.05, 0.1) is 11.0 Å². The number of likely N-dealkylation sites (N-methyl/N-ethyl adjacent to an activating group) is 1. The smallest absolute Gasteiger partial charge is 0.165 e. The molecule has 5 fully saturated rings. The Morgan fingerprint density at radius 2 is 1.65 bits per heavy atom. The summed E-state index contributed by atoms with van der Waals surface area (Å²) in [6.45, 7) is 9.19. The van der Waals surface area contributed by atoms with E-state index in [2.05, 4.69) is 44.5 Å². The molecule has 8 rings (SSSR count). The van der Waals surface area contributed by atoms with Crippen LogP contribution in [-0.2, 0) is 26.0 Å². The fraction of sp³-hybridized carbons (Fsp3) is 0.769. The molecule has 5 heterocycles. The molecule has 2 aliphatic carbocycles. The molecule has 1 aromatic carbocycles. The van der Waals surface area contributed by atoms with Crippen molar-refractivity contribution in [3.63, 3.8) is 0 Å². The normalized spacial score (nSPS) is 50.9. The molecule has 2 spiro atoms. The van der Waals surface area contributed by atoms with Gasteiger partial charge in [-0.1, -0.05) is 6.07 Å². The van der Waals surface area contributed by atoms with Gasteiger partial charge in [0.25, 0.3) is 0 Å². The number of aromatic hydroxyl groups is 1. The Morgan fingerprint density at radius 1 is 0.941 bits per heavy atom. The minimum absolute atomic E-state index is 0.00219. The van der Waals surface area contributed by atoms with Crippen molar-refractivity contribution in [2.75, 3.05) is 13.6 Å². The van der Waals surface area contributed by atoms with Gasteiger partial charge in [0.2, 0.25) is 0 Å². The molecule has 1 aromatic rings. The van der Waals surface area contributed by atoms with Crippen molar-refractivity contribution in [3.8, 4) is 11.5 Å². The molecular weight excluding hydrogens is 436 g/mol. The van der Waals surface area contributed by atoms with Gasteiger partial charge in [0, 0.05) is 11.6 Å². The predicted molar refractivity (Wildman–Crippen MR) is 120 cm³/mol. The van der Waals surface area contributed by atoms with Crippen LogP contribution < -0.4 is 4.74 Å². The SMILES string of the molecule is CN1CC[C@]23c4c5ccc(O)c4O[C@H]2[C@]2(CC[C@@]3(O)[C@H]1C5)O[C@@H]1N3[C@@H](OC1(C)C)C(C)(C)O[C@H]32. The van der Waals surface area contributed by atoms with Crippen LogP contribution in [0.4, 0.5) is 0 Å². The van der Waals surface area contributed by atoms with Crippen LogP contribution in [0.3, 0.4) is 0 Å². The van der Waals surface area contributed by atoms with Crippen LogP contribution in [0.15, 0.2) is 12.1 Å². The third kappa shape index (κ3) is 1.90. The number of nitrogens with zero attached hydrogens (tertiary/aromatic N) is 2. The molecule has 0 unspecified atom stereocenters. The molecule has 8 heteroatoms. The molecule has 2 N–H and O–H groups in total. The number of aliphatic hydroxyl groups is 1. The molecule has 8 atom stereocenters. The lowest BCUT2D eigenvalue weighted by Crippen LogP contribution is -2.80. The number of rotatable bonds is 0. The summed E-state index contributed by atoms with van der Waals surface area (Å²) in [5.74, 6) is 0.676. The van der Waals surface area contributed by atoms with Gasteiger partial charge in [0.1, 0.15) is 41.6 Å². The number of hydrogen-bond acceptors (Lipinski definition) is 8. The Balaban J connectivity index is 1.36. The average molecular weight is 471 g/mol. The summed E-state index contributed by atoms with van der Waals surface area (Å²) in [5.41, 5.74) is -1.22. The molecule has 0 amide bonds. The molecule has 0 aromatic heterocycles. The number of likely N-dealkylation sites (tertiary alicyclic amines) is 1. The topological polar surface area (TPSA) is 83.9 Å². The lowest BCUT2D eigenvalue weighted by molar-refractivity contribution is -0.265. The highest BCUT2D eigenvalue weighted by Crippen LogP contribution is 2.70. The minimum Gasteiger partial charge on any atom is -0.504 e. The summed E-state index contributed by atoms with van der Waals surface area (Å²) in [5, 5.41) is 23.5. The van der Waals surface area contributed by atoms with E-state index in [0.29, 0.717) is 18.6 Å². The highest BCUT2D eigenvalue weighted by Gasteiger charge is 2.82. The molecule has 1 saturated carbocycles. The van der Waals surface area contributed by atoms with Crippen LogP contribution in [0.1, 0.15) is 58.1 Å². The third-order valence-electron chi connectivity index (χ3n) is 10.4. The van der Waals surface area contributed by atoms with Crippen molar-refractivity contribution in [2.24, 2.45) is 0 Å². The van der Waals surface area contributed by atoms with Crippen LogP contribution >= 0.6 is 0 Å². The first-order valence-corrected chi connectivity index (χ1v) is 12.7. The Kier molecular flexibility index (Phi) is 3.42. The van der Waals surface area contributed by atoms with Gasteiger partial charge in [-0.25, -0.2) is 4.90 Å². The largest absolute Gasteiger partial charge is 0.504 e. The number of piperidine rings is 1. The molecule has 4 saturated heterocycles. The summed E-state index contributed by atoms with van der Waals surface area (Å²) < 4.78 is 27.1. The molecule has 8 nitrogen and oxygen atoms in total.